The second kappa shape index (κ2) is 7.01. The number of anilines is 1. The Bertz CT molecular complexity index is 783. The lowest BCUT2D eigenvalue weighted by atomic mass is 10.2. The monoisotopic (exact) mass is 328 g/mol. The van der Waals surface area contributed by atoms with E-state index in [-0.39, 0.29) is 5.91 Å². The van der Waals surface area contributed by atoms with Crippen LogP contribution in [0.25, 0.3) is 5.82 Å². The van der Waals surface area contributed by atoms with E-state index in [1.165, 1.54) is 11.3 Å². The maximum Gasteiger partial charge on any atom is 0.263 e. The van der Waals surface area contributed by atoms with Crippen LogP contribution in [-0.4, -0.2) is 32.0 Å². The van der Waals surface area contributed by atoms with Gasteiger partial charge in [0.25, 0.3) is 5.91 Å². The van der Waals surface area contributed by atoms with Crippen molar-refractivity contribution in [3.8, 4) is 5.82 Å². The summed E-state index contributed by atoms with van der Waals surface area (Å²) in [7, 11) is 0. The molecule has 0 atom stereocenters. The number of thiazole rings is 1. The Kier molecular flexibility index (Phi) is 4.62. The van der Waals surface area contributed by atoms with Crippen molar-refractivity contribution >= 4 is 22.4 Å². The molecule has 1 amide bonds. The second-order valence-electron chi connectivity index (χ2n) is 4.70. The largest absolute Gasteiger partial charge is 0.362 e. The number of aromatic nitrogens is 4. The molecule has 0 radical (unpaired) electrons. The van der Waals surface area contributed by atoms with Crippen molar-refractivity contribution in [3.05, 3.63) is 53.7 Å². The number of hydrogen-bond donors (Lipinski definition) is 2. The zero-order valence-electron chi connectivity index (χ0n) is 12.6. The number of hydrogen-bond acceptors (Lipinski definition) is 6. The Morgan fingerprint density at radius 1 is 1.35 bits per heavy atom. The normalized spacial score (nSPS) is 10.5. The van der Waals surface area contributed by atoms with E-state index >= 15 is 0 Å². The minimum atomic E-state index is -0.146. The van der Waals surface area contributed by atoms with E-state index in [1.807, 2.05) is 29.8 Å². The zero-order valence-corrected chi connectivity index (χ0v) is 13.4. The molecular weight excluding hydrogens is 312 g/mol. The third-order valence-corrected chi connectivity index (χ3v) is 4.07. The van der Waals surface area contributed by atoms with Crippen LogP contribution < -0.4 is 10.6 Å². The van der Waals surface area contributed by atoms with Gasteiger partial charge in [0, 0.05) is 37.2 Å². The molecule has 0 saturated heterocycles. The average molecular weight is 328 g/mol. The molecule has 0 unspecified atom stereocenters. The molecule has 7 nitrogen and oxygen atoms in total. The number of imidazole rings is 1. The molecule has 3 rings (SSSR count). The first kappa shape index (κ1) is 15.2. The molecule has 0 saturated carbocycles. The third-order valence-electron chi connectivity index (χ3n) is 3.11. The molecule has 0 spiro atoms. The van der Waals surface area contributed by atoms with E-state index in [1.54, 1.807) is 24.9 Å². The van der Waals surface area contributed by atoms with Crippen molar-refractivity contribution in [1.29, 1.82) is 0 Å². The summed E-state index contributed by atoms with van der Waals surface area (Å²) in [5.74, 6) is 0.607. The molecule has 0 aliphatic rings. The van der Waals surface area contributed by atoms with Gasteiger partial charge in [-0.3, -0.25) is 9.36 Å². The lowest BCUT2D eigenvalue weighted by Gasteiger charge is -2.09. The van der Waals surface area contributed by atoms with E-state index in [9.17, 15) is 4.79 Å². The molecule has 0 aliphatic carbocycles. The number of rotatable bonds is 6. The first-order valence-electron chi connectivity index (χ1n) is 7.18. The minimum absolute atomic E-state index is 0.146. The van der Waals surface area contributed by atoms with Crippen LogP contribution in [0.1, 0.15) is 22.2 Å². The van der Waals surface area contributed by atoms with Gasteiger partial charge in [-0.2, -0.15) is 0 Å². The molecular formula is C15H16N6OS. The Hall–Kier alpha value is -2.74. The summed E-state index contributed by atoms with van der Waals surface area (Å²) in [5.41, 5.74) is 0.912. The third kappa shape index (κ3) is 3.54. The molecule has 0 aromatic carbocycles. The van der Waals surface area contributed by atoms with Crippen LogP contribution in [0, 0.1) is 0 Å². The fraction of sp³-hybridized carbons (Fsp3) is 0.200. The summed E-state index contributed by atoms with van der Waals surface area (Å²) < 4.78 is 1.82. The summed E-state index contributed by atoms with van der Waals surface area (Å²) in [6.45, 7) is 3.15. The maximum atomic E-state index is 12.2. The topological polar surface area (TPSA) is 84.7 Å². The SMILES string of the molecule is CCNc1ncc(C(=O)NCc2cccnc2-n2ccnc2)s1. The van der Waals surface area contributed by atoms with Crippen molar-refractivity contribution < 1.29 is 4.79 Å². The second-order valence-corrected chi connectivity index (χ2v) is 5.73. The Balaban J connectivity index is 1.69. The van der Waals surface area contributed by atoms with Crippen LogP contribution in [-0.2, 0) is 6.54 Å². The number of amides is 1. The van der Waals surface area contributed by atoms with Crippen LogP contribution in [0.2, 0.25) is 0 Å². The highest BCUT2D eigenvalue weighted by Gasteiger charge is 2.12. The molecule has 3 aromatic heterocycles. The molecule has 23 heavy (non-hydrogen) atoms. The zero-order chi connectivity index (χ0) is 16.1. The minimum Gasteiger partial charge on any atom is -0.362 e. The number of nitrogens with one attached hydrogen (secondary N) is 2. The first-order valence-corrected chi connectivity index (χ1v) is 7.99. The van der Waals surface area contributed by atoms with Crippen LogP contribution in [0.4, 0.5) is 5.13 Å². The van der Waals surface area contributed by atoms with Gasteiger partial charge >= 0.3 is 0 Å². The van der Waals surface area contributed by atoms with Gasteiger partial charge in [0.1, 0.15) is 17.0 Å². The van der Waals surface area contributed by atoms with Gasteiger partial charge in [0.2, 0.25) is 0 Å². The van der Waals surface area contributed by atoms with Crippen LogP contribution >= 0.6 is 11.3 Å². The number of nitrogens with zero attached hydrogens (tertiary/aromatic N) is 4. The van der Waals surface area contributed by atoms with Crippen molar-refractivity contribution in [2.75, 3.05) is 11.9 Å². The molecule has 8 heteroatoms. The molecule has 118 valence electrons. The molecule has 0 aliphatic heterocycles. The fourth-order valence-electron chi connectivity index (χ4n) is 2.06. The fourth-order valence-corrected chi connectivity index (χ4v) is 2.86. The summed E-state index contributed by atoms with van der Waals surface area (Å²) in [6, 6.07) is 3.78. The van der Waals surface area contributed by atoms with Gasteiger partial charge in [-0.1, -0.05) is 17.4 Å². The van der Waals surface area contributed by atoms with E-state index in [0.717, 1.165) is 23.1 Å². The molecule has 3 aromatic rings. The average Bonchev–Trinajstić information content (AvgIpc) is 3.25. The van der Waals surface area contributed by atoms with Crippen molar-refractivity contribution in [1.82, 2.24) is 24.8 Å². The summed E-state index contributed by atoms with van der Waals surface area (Å²) in [5, 5.41) is 6.74. The number of carbonyl (C=O) groups is 1. The Morgan fingerprint density at radius 2 is 2.26 bits per heavy atom. The summed E-state index contributed by atoms with van der Waals surface area (Å²) in [6.07, 6.45) is 8.49. The smallest absolute Gasteiger partial charge is 0.263 e. The van der Waals surface area contributed by atoms with Gasteiger partial charge in [-0.05, 0) is 13.0 Å². The van der Waals surface area contributed by atoms with Crippen molar-refractivity contribution in [2.45, 2.75) is 13.5 Å². The van der Waals surface area contributed by atoms with E-state index in [2.05, 4.69) is 25.6 Å². The first-order chi connectivity index (χ1) is 11.3. The predicted molar refractivity (Wildman–Crippen MR) is 88.8 cm³/mol. The number of carbonyl (C=O) groups excluding carboxylic acids is 1. The summed E-state index contributed by atoms with van der Waals surface area (Å²) in [4.78, 5) is 25.3. The lowest BCUT2D eigenvalue weighted by Crippen LogP contribution is -2.22. The van der Waals surface area contributed by atoms with Crippen LogP contribution in [0.3, 0.4) is 0 Å². The standard InChI is InChI=1S/C15H16N6OS/c1-2-17-15-20-9-12(23-15)14(22)19-8-11-4-3-5-18-13(11)21-7-6-16-10-21/h3-7,9-10H,2,8H2,1H3,(H,17,20)(H,19,22). The quantitative estimate of drug-likeness (QED) is 0.724. The Morgan fingerprint density at radius 3 is 3.04 bits per heavy atom. The lowest BCUT2D eigenvalue weighted by molar-refractivity contribution is 0.0955. The molecule has 0 fully saturated rings. The van der Waals surface area contributed by atoms with Gasteiger partial charge in [0.05, 0.1) is 6.20 Å². The van der Waals surface area contributed by atoms with E-state index < -0.39 is 0 Å². The highest BCUT2D eigenvalue weighted by Crippen LogP contribution is 2.18. The van der Waals surface area contributed by atoms with Crippen molar-refractivity contribution in [2.24, 2.45) is 0 Å². The van der Waals surface area contributed by atoms with Crippen LogP contribution in [0.5, 0.6) is 0 Å². The highest BCUT2D eigenvalue weighted by atomic mass is 32.1. The van der Waals surface area contributed by atoms with Gasteiger partial charge in [-0.15, -0.1) is 0 Å². The van der Waals surface area contributed by atoms with Crippen LogP contribution in [0.15, 0.2) is 43.2 Å². The summed E-state index contributed by atoms with van der Waals surface area (Å²) >= 11 is 1.34. The van der Waals surface area contributed by atoms with Crippen molar-refractivity contribution in [3.63, 3.8) is 0 Å². The predicted octanol–water partition coefficient (Wildman–Crippen LogP) is 2.09. The molecule has 2 N–H and O–H groups in total. The highest BCUT2D eigenvalue weighted by molar-refractivity contribution is 7.17. The maximum absolute atomic E-state index is 12.2. The van der Waals surface area contributed by atoms with Gasteiger partial charge in [-0.25, -0.2) is 15.0 Å². The van der Waals surface area contributed by atoms with E-state index in [0.29, 0.717) is 11.4 Å². The molecule has 3 heterocycles. The van der Waals surface area contributed by atoms with E-state index in [4.69, 9.17) is 0 Å². The van der Waals surface area contributed by atoms with Gasteiger partial charge < -0.3 is 10.6 Å². The molecule has 0 bridgehead atoms. The number of pyridine rings is 1. The van der Waals surface area contributed by atoms with Gasteiger partial charge in [0.15, 0.2) is 5.13 Å². The Labute approximate surface area is 137 Å².